The van der Waals surface area contributed by atoms with E-state index in [-0.39, 0.29) is 17.9 Å². The highest BCUT2D eigenvalue weighted by Crippen LogP contribution is 2.19. The number of pyridine rings is 1. The number of amides is 2. The molecule has 0 aliphatic rings. The van der Waals surface area contributed by atoms with Gasteiger partial charge < -0.3 is 25.5 Å². The maximum Gasteiger partial charge on any atom is 0.253 e. The number of imidazole rings is 1. The van der Waals surface area contributed by atoms with Crippen LogP contribution >= 0.6 is 0 Å². The van der Waals surface area contributed by atoms with Crippen LogP contribution in [-0.4, -0.2) is 40.9 Å². The van der Waals surface area contributed by atoms with Crippen molar-refractivity contribution in [1.29, 1.82) is 0 Å². The zero-order valence-electron chi connectivity index (χ0n) is 16.5. The van der Waals surface area contributed by atoms with Crippen LogP contribution in [0.4, 0.5) is 5.69 Å². The minimum Gasteiger partial charge on any atom is -0.497 e. The Morgan fingerprint density at radius 1 is 1.24 bits per heavy atom. The molecule has 29 heavy (non-hydrogen) atoms. The van der Waals surface area contributed by atoms with E-state index in [0.29, 0.717) is 29.1 Å². The van der Waals surface area contributed by atoms with Gasteiger partial charge in [-0.05, 0) is 50.1 Å². The molecule has 0 fully saturated rings. The highest BCUT2D eigenvalue weighted by Gasteiger charge is 2.13. The van der Waals surface area contributed by atoms with Crippen molar-refractivity contribution in [2.75, 3.05) is 19.4 Å². The first-order chi connectivity index (χ1) is 14.0. The number of aromatic nitrogens is 2. The lowest BCUT2D eigenvalue weighted by Gasteiger charge is -2.14. The number of hydrogen-bond donors (Lipinski definition) is 3. The molecule has 1 atom stereocenters. The number of rotatable bonds is 8. The van der Waals surface area contributed by atoms with E-state index >= 15 is 0 Å². The first-order valence-corrected chi connectivity index (χ1v) is 9.42. The van der Waals surface area contributed by atoms with Crippen molar-refractivity contribution >= 4 is 23.0 Å². The van der Waals surface area contributed by atoms with Crippen LogP contribution in [0, 0.1) is 0 Å². The smallest absolute Gasteiger partial charge is 0.253 e. The summed E-state index contributed by atoms with van der Waals surface area (Å²) in [5.41, 5.74) is 8.16. The molecule has 2 amide bonds. The van der Waals surface area contributed by atoms with Gasteiger partial charge in [-0.3, -0.25) is 9.59 Å². The van der Waals surface area contributed by atoms with E-state index in [1.165, 1.54) is 7.11 Å². The van der Waals surface area contributed by atoms with Crippen LogP contribution in [0.25, 0.3) is 5.52 Å². The second kappa shape index (κ2) is 9.09. The Balaban J connectivity index is 1.44. The van der Waals surface area contributed by atoms with E-state index < -0.39 is 0 Å². The fourth-order valence-electron chi connectivity index (χ4n) is 3.00. The zero-order valence-corrected chi connectivity index (χ0v) is 16.5. The summed E-state index contributed by atoms with van der Waals surface area (Å²) in [4.78, 5) is 28.8. The number of carbonyl (C=O) groups excluding carboxylic acids is 2. The largest absolute Gasteiger partial charge is 0.497 e. The summed E-state index contributed by atoms with van der Waals surface area (Å²) in [5, 5.41) is 5.83. The number of nitrogen functional groups attached to an aromatic ring is 1. The molecule has 1 aromatic carbocycles. The molecule has 2 heterocycles. The number of anilines is 1. The maximum absolute atomic E-state index is 12.4. The van der Waals surface area contributed by atoms with Crippen molar-refractivity contribution in [2.45, 2.75) is 25.8 Å². The molecule has 0 radical (unpaired) electrons. The highest BCUT2D eigenvalue weighted by atomic mass is 16.5. The monoisotopic (exact) mass is 395 g/mol. The third-order valence-electron chi connectivity index (χ3n) is 4.65. The number of fused-ring (bicyclic) bond motifs is 1. The van der Waals surface area contributed by atoms with Gasteiger partial charge in [0, 0.05) is 24.5 Å². The fraction of sp³-hybridized carbons (Fsp3) is 0.286. The van der Waals surface area contributed by atoms with Crippen LogP contribution < -0.4 is 21.1 Å². The number of ether oxygens (including phenoxy) is 1. The first-order valence-electron chi connectivity index (χ1n) is 9.42. The Morgan fingerprint density at radius 3 is 2.86 bits per heavy atom. The van der Waals surface area contributed by atoms with Crippen molar-refractivity contribution in [2.24, 2.45) is 0 Å². The van der Waals surface area contributed by atoms with Crippen molar-refractivity contribution in [3.63, 3.8) is 0 Å². The van der Waals surface area contributed by atoms with Gasteiger partial charge in [-0.15, -0.1) is 0 Å². The van der Waals surface area contributed by atoms with E-state index in [9.17, 15) is 9.59 Å². The predicted octanol–water partition coefficient (Wildman–Crippen LogP) is 2.25. The van der Waals surface area contributed by atoms with Crippen LogP contribution in [0.3, 0.4) is 0 Å². The number of nitrogens with zero attached hydrogens (tertiary/aromatic N) is 2. The molecule has 0 spiro atoms. The van der Waals surface area contributed by atoms with Crippen LogP contribution in [0.2, 0.25) is 0 Å². The van der Waals surface area contributed by atoms with E-state index in [0.717, 1.165) is 18.4 Å². The third-order valence-corrected chi connectivity index (χ3v) is 4.65. The Hall–Kier alpha value is -3.55. The molecule has 2 aromatic heterocycles. The Kier molecular flexibility index (Phi) is 6.33. The van der Waals surface area contributed by atoms with Crippen molar-refractivity contribution in [3.8, 4) is 5.75 Å². The van der Waals surface area contributed by atoms with Gasteiger partial charge in [0.15, 0.2) is 0 Å². The van der Waals surface area contributed by atoms with Gasteiger partial charge >= 0.3 is 0 Å². The molecule has 4 N–H and O–H groups in total. The average Bonchev–Trinajstić information content (AvgIpc) is 3.19. The van der Waals surface area contributed by atoms with Crippen molar-refractivity contribution in [1.82, 2.24) is 20.0 Å². The highest BCUT2D eigenvalue weighted by molar-refractivity contribution is 5.99. The van der Waals surface area contributed by atoms with Gasteiger partial charge in [0.25, 0.3) is 11.8 Å². The van der Waals surface area contributed by atoms with E-state index in [1.54, 1.807) is 47.4 Å². The lowest BCUT2D eigenvalue weighted by atomic mass is 10.1. The number of carbonyl (C=O) groups is 2. The second-order valence-electron chi connectivity index (χ2n) is 6.87. The number of methoxy groups -OCH3 is 1. The summed E-state index contributed by atoms with van der Waals surface area (Å²) < 4.78 is 6.93. The number of nitrogens with one attached hydrogen (secondary N) is 2. The number of hydrogen-bond acceptors (Lipinski definition) is 5. The quantitative estimate of drug-likeness (QED) is 0.400. The van der Waals surface area contributed by atoms with Gasteiger partial charge in [-0.1, -0.05) is 0 Å². The van der Waals surface area contributed by atoms with Gasteiger partial charge in [0.05, 0.1) is 36.3 Å². The molecule has 8 heteroatoms. The van der Waals surface area contributed by atoms with E-state index in [2.05, 4.69) is 15.6 Å². The minimum absolute atomic E-state index is 0.0280. The average molecular weight is 395 g/mol. The van der Waals surface area contributed by atoms with Gasteiger partial charge in [0.2, 0.25) is 0 Å². The van der Waals surface area contributed by atoms with Crippen molar-refractivity contribution < 1.29 is 14.3 Å². The van der Waals surface area contributed by atoms with E-state index in [4.69, 9.17) is 10.5 Å². The minimum atomic E-state index is -0.244. The van der Waals surface area contributed by atoms with Gasteiger partial charge in [0.1, 0.15) is 5.75 Å². The van der Waals surface area contributed by atoms with Crippen LogP contribution in [0.15, 0.2) is 49.1 Å². The summed E-state index contributed by atoms with van der Waals surface area (Å²) in [6.07, 6.45) is 6.60. The molecule has 0 saturated carbocycles. The molecule has 0 aliphatic heterocycles. The van der Waals surface area contributed by atoms with Crippen LogP contribution in [-0.2, 0) is 0 Å². The molecular formula is C21H25N5O3. The second-order valence-corrected chi connectivity index (χ2v) is 6.87. The summed E-state index contributed by atoms with van der Waals surface area (Å²) in [6, 6.07) is 8.57. The van der Waals surface area contributed by atoms with Gasteiger partial charge in [-0.2, -0.15) is 0 Å². The molecule has 3 rings (SSSR count). The van der Waals surface area contributed by atoms with Gasteiger partial charge in [-0.25, -0.2) is 4.98 Å². The third kappa shape index (κ3) is 5.04. The van der Waals surface area contributed by atoms with Crippen LogP contribution in [0.5, 0.6) is 5.75 Å². The lowest BCUT2D eigenvalue weighted by Crippen LogP contribution is -2.33. The molecule has 3 aromatic rings. The van der Waals surface area contributed by atoms with E-state index in [1.807, 2.05) is 13.0 Å². The summed E-state index contributed by atoms with van der Waals surface area (Å²) in [6.45, 7) is 2.42. The molecule has 0 bridgehead atoms. The number of benzene rings is 1. The maximum atomic E-state index is 12.4. The normalized spacial score (nSPS) is 11.8. The Morgan fingerprint density at radius 2 is 2.07 bits per heavy atom. The summed E-state index contributed by atoms with van der Waals surface area (Å²) >= 11 is 0. The standard InChI is InChI=1S/C21H25N5O3/c1-14(25-20(27)15-5-6-16-11-23-13-26(16)12-15)4-3-9-24-21(28)18-10-17(29-2)7-8-19(18)22/h5-8,10-14H,3-4,9,22H2,1-2H3,(H,24,28)(H,25,27). The molecule has 0 aliphatic carbocycles. The molecule has 1 unspecified atom stereocenters. The molecule has 152 valence electrons. The Labute approximate surface area is 169 Å². The number of nitrogens with two attached hydrogens (primary N) is 1. The summed E-state index contributed by atoms with van der Waals surface area (Å²) in [7, 11) is 1.54. The molecule has 0 saturated heterocycles. The SMILES string of the molecule is COc1ccc(N)c(C(=O)NCCCC(C)NC(=O)c2ccc3cncn3c2)c1. The zero-order chi connectivity index (χ0) is 20.8. The topological polar surface area (TPSA) is 111 Å². The molecular weight excluding hydrogens is 370 g/mol. The predicted molar refractivity (Wildman–Crippen MR) is 111 cm³/mol. The summed E-state index contributed by atoms with van der Waals surface area (Å²) in [5.74, 6) is 0.197. The lowest BCUT2D eigenvalue weighted by molar-refractivity contribution is 0.0928. The van der Waals surface area contributed by atoms with Crippen molar-refractivity contribution in [3.05, 3.63) is 60.2 Å². The first kappa shape index (κ1) is 20.2. The van der Waals surface area contributed by atoms with Crippen LogP contribution in [0.1, 0.15) is 40.5 Å². The Bertz CT molecular complexity index is 1010. The molecule has 8 nitrogen and oxygen atoms in total. The fourth-order valence-corrected chi connectivity index (χ4v) is 3.00.